The Hall–Kier alpha value is -4.90. The molecule has 3 aliphatic rings. The molecule has 6 aromatic rings. The normalized spacial score (nSPS) is 18.2. The van der Waals surface area contributed by atoms with Crippen LogP contribution >= 0.6 is 0 Å². The Morgan fingerprint density at radius 2 is 1.35 bits per heavy atom. The largest absolute Gasteiger partial charge is 0.495 e. The van der Waals surface area contributed by atoms with Crippen LogP contribution in [0.1, 0.15) is 37.9 Å². The Morgan fingerprint density at radius 1 is 0.698 bits per heavy atom. The van der Waals surface area contributed by atoms with Gasteiger partial charge in [-0.15, -0.1) is 0 Å². The van der Waals surface area contributed by atoms with Crippen molar-refractivity contribution in [3.8, 4) is 5.75 Å². The zero-order valence-electron chi connectivity index (χ0n) is 24.5. The number of nitrogens with zero attached hydrogens (tertiary/aromatic N) is 2. The highest BCUT2D eigenvalue weighted by atomic mass is 16.5. The number of para-hydroxylation sites is 4. The molecule has 0 radical (unpaired) electrons. The van der Waals surface area contributed by atoms with Crippen molar-refractivity contribution in [3.05, 3.63) is 132 Å². The third kappa shape index (κ3) is 3.45. The zero-order valence-corrected chi connectivity index (χ0v) is 24.5. The zero-order chi connectivity index (χ0) is 28.9. The summed E-state index contributed by atoms with van der Waals surface area (Å²) in [6.07, 6.45) is 0. The number of furan rings is 1. The minimum atomic E-state index is -0.165. The van der Waals surface area contributed by atoms with Gasteiger partial charge in [0.2, 0.25) is 0 Å². The van der Waals surface area contributed by atoms with Gasteiger partial charge in [0.1, 0.15) is 17.3 Å². The van der Waals surface area contributed by atoms with Gasteiger partial charge in [0.15, 0.2) is 0 Å². The van der Waals surface area contributed by atoms with E-state index < -0.39 is 0 Å². The third-order valence-electron chi connectivity index (χ3n) is 9.38. The van der Waals surface area contributed by atoms with Gasteiger partial charge in [-0.05, 0) is 71.0 Å². The number of hydrogen-bond donors (Lipinski definition) is 0. The van der Waals surface area contributed by atoms with E-state index in [-0.39, 0.29) is 24.2 Å². The van der Waals surface area contributed by atoms with Gasteiger partial charge in [0, 0.05) is 33.7 Å². The van der Waals surface area contributed by atoms with E-state index in [0.717, 1.165) is 39.4 Å². The van der Waals surface area contributed by atoms with Crippen molar-refractivity contribution in [3.63, 3.8) is 0 Å². The van der Waals surface area contributed by atoms with Crippen molar-refractivity contribution in [2.45, 2.75) is 38.2 Å². The summed E-state index contributed by atoms with van der Waals surface area (Å²) in [4.78, 5) is 4.95. The van der Waals surface area contributed by atoms with Crippen LogP contribution in [0.4, 0.5) is 28.4 Å². The van der Waals surface area contributed by atoms with Crippen LogP contribution < -0.4 is 25.7 Å². The Bertz CT molecular complexity index is 2030. The highest BCUT2D eigenvalue weighted by Crippen LogP contribution is 2.53. The lowest BCUT2D eigenvalue weighted by molar-refractivity contribution is 0.281. The molecule has 0 spiro atoms. The van der Waals surface area contributed by atoms with Gasteiger partial charge in [-0.1, -0.05) is 87.5 Å². The second kappa shape index (κ2) is 8.81. The fourth-order valence-electron chi connectivity index (χ4n) is 7.46. The first-order valence-electron chi connectivity index (χ1n) is 15.1. The van der Waals surface area contributed by atoms with Gasteiger partial charge >= 0.3 is 6.71 Å². The summed E-state index contributed by atoms with van der Waals surface area (Å²) >= 11 is 0. The van der Waals surface area contributed by atoms with Gasteiger partial charge in [-0.2, -0.15) is 0 Å². The summed E-state index contributed by atoms with van der Waals surface area (Å²) < 4.78 is 13.9. The van der Waals surface area contributed by atoms with E-state index in [2.05, 4.69) is 152 Å². The highest BCUT2D eigenvalue weighted by molar-refractivity contribution is 6.90. The van der Waals surface area contributed by atoms with Crippen molar-refractivity contribution < 1.29 is 9.15 Å². The minimum Gasteiger partial charge on any atom is -0.495 e. The van der Waals surface area contributed by atoms with Gasteiger partial charge in [-0.3, -0.25) is 0 Å². The van der Waals surface area contributed by atoms with Gasteiger partial charge < -0.3 is 19.0 Å². The maximum atomic E-state index is 6.98. The van der Waals surface area contributed by atoms with Crippen molar-refractivity contribution in [1.82, 2.24) is 0 Å². The van der Waals surface area contributed by atoms with Crippen molar-refractivity contribution >= 4 is 57.2 Å². The van der Waals surface area contributed by atoms with Crippen molar-refractivity contribution in [1.29, 1.82) is 0 Å². The quantitative estimate of drug-likeness (QED) is 0.200. The van der Waals surface area contributed by atoms with Crippen molar-refractivity contribution in [2.24, 2.45) is 0 Å². The Labute approximate surface area is 252 Å². The first-order valence-corrected chi connectivity index (χ1v) is 15.1. The van der Waals surface area contributed by atoms with E-state index >= 15 is 0 Å². The Balaban J connectivity index is 1.44. The van der Waals surface area contributed by atoms with Crippen LogP contribution in [0.25, 0.3) is 11.0 Å². The van der Waals surface area contributed by atoms with E-state index in [1.165, 1.54) is 28.0 Å². The van der Waals surface area contributed by atoms with E-state index in [0.29, 0.717) is 0 Å². The maximum Gasteiger partial charge on any atom is 0.312 e. The van der Waals surface area contributed by atoms with E-state index in [1.807, 2.05) is 0 Å². The van der Waals surface area contributed by atoms with Crippen LogP contribution in [0.15, 0.2) is 126 Å². The highest BCUT2D eigenvalue weighted by Gasteiger charge is 2.57. The van der Waals surface area contributed by atoms with Gasteiger partial charge in [0.25, 0.3) is 0 Å². The summed E-state index contributed by atoms with van der Waals surface area (Å²) in [6.45, 7) is 6.83. The number of hydrogen-bond acceptors (Lipinski definition) is 4. The number of ether oxygens (including phenoxy) is 1. The van der Waals surface area contributed by atoms with E-state index in [9.17, 15) is 0 Å². The predicted octanol–water partition coefficient (Wildman–Crippen LogP) is 8.32. The molecule has 0 fully saturated rings. The summed E-state index contributed by atoms with van der Waals surface area (Å²) in [7, 11) is 0. The third-order valence-corrected chi connectivity index (χ3v) is 9.38. The van der Waals surface area contributed by atoms with Crippen LogP contribution in [0, 0.1) is 0 Å². The SMILES string of the molecule is CC(C)(C)c1cc2c3c(c1)N(c1ccccc1)C1c4ccccc4OC1B3c1oc3ccccc3c1N2c1ccccc1. The second-order valence-corrected chi connectivity index (χ2v) is 12.9. The second-order valence-electron chi connectivity index (χ2n) is 12.9. The first-order chi connectivity index (χ1) is 21.0. The standard InChI is InChI=1S/C38H31BN2O2/c1-38(2,3)24-22-29-33-30(23-24)41(26-16-8-5-9-17-26)35-28-19-11-13-21-32(28)43-37(35)39(33)36-34(27-18-10-12-20-31(27)42-36)40(29)25-14-6-4-7-15-25/h4-23,34,36H,1-3H3. The summed E-state index contributed by atoms with van der Waals surface area (Å²) in [5, 5.41) is 1.12. The minimum absolute atomic E-state index is 0.0106. The summed E-state index contributed by atoms with van der Waals surface area (Å²) in [6, 6.07) is 43.2. The van der Waals surface area contributed by atoms with Crippen LogP contribution in [-0.4, -0.2) is 12.7 Å². The van der Waals surface area contributed by atoms with E-state index in [1.54, 1.807) is 0 Å². The fourth-order valence-corrected chi connectivity index (χ4v) is 7.46. The molecule has 0 amide bonds. The maximum absolute atomic E-state index is 6.98. The molecule has 2 atom stereocenters. The number of fused-ring (bicyclic) bond motifs is 8. The average molecular weight is 558 g/mol. The average Bonchev–Trinajstić information content (AvgIpc) is 3.60. The first kappa shape index (κ1) is 24.7. The van der Waals surface area contributed by atoms with Crippen LogP contribution in [-0.2, 0) is 5.41 Å². The molecule has 2 unspecified atom stereocenters. The lowest BCUT2D eigenvalue weighted by Gasteiger charge is -2.47. The fraction of sp³-hybridized carbons (Fsp3) is 0.158. The van der Waals surface area contributed by atoms with Crippen LogP contribution in [0.3, 0.4) is 0 Å². The molecule has 3 aliphatic heterocycles. The lowest BCUT2D eigenvalue weighted by atomic mass is 9.34. The summed E-state index contributed by atoms with van der Waals surface area (Å²) in [5.74, 6) is 0.951. The van der Waals surface area contributed by atoms with Crippen molar-refractivity contribution in [2.75, 3.05) is 9.80 Å². The molecular formula is C38H31BN2O2. The number of anilines is 5. The van der Waals surface area contributed by atoms with Crippen LogP contribution in [0.2, 0.25) is 0 Å². The molecule has 0 saturated carbocycles. The number of benzene rings is 5. The molecule has 4 nitrogen and oxygen atoms in total. The molecular weight excluding hydrogens is 527 g/mol. The monoisotopic (exact) mass is 558 g/mol. The molecule has 9 rings (SSSR count). The van der Waals surface area contributed by atoms with E-state index in [4.69, 9.17) is 9.15 Å². The molecule has 1 aromatic heterocycles. The Morgan fingerprint density at radius 3 is 2.12 bits per heavy atom. The number of rotatable bonds is 2. The van der Waals surface area contributed by atoms with Gasteiger partial charge in [-0.25, -0.2) is 0 Å². The molecule has 43 heavy (non-hydrogen) atoms. The topological polar surface area (TPSA) is 28.9 Å². The summed E-state index contributed by atoms with van der Waals surface area (Å²) in [5.41, 5.74) is 11.4. The molecule has 0 saturated heterocycles. The molecule has 5 aromatic carbocycles. The molecule has 0 N–H and O–H groups in total. The van der Waals surface area contributed by atoms with Gasteiger partial charge in [0.05, 0.1) is 17.4 Å². The molecule has 208 valence electrons. The molecule has 0 bridgehead atoms. The van der Waals surface area contributed by atoms with Crippen LogP contribution in [0.5, 0.6) is 5.75 Å². The lowest BCUT2D eigenvalue weighted by Crippen LogP contribution is -2.64. The predicted molar refractivity (Wildman–Crippen MR) is 177 cm³/mol. The Kier molecular flexibility index (Phi) is 5.06. The molecule has 4 heterocycles. The smallest absolute Gasteiger partial charge is 0.312 e. The molecule has 5 heteroatoms. The molecule has 0 aliphatic carbocycles.